The molecule has 1 aliphatic rings. The topological polar surface area (TPSA) is 67.5 Å². The fourth-order valence-electron chi connectivity index (χ4n) is 1.81. The van der Waals surface area contributed by atoms with E-state index in [1.165, 1.54) is 6.42 Å². The summed E-state index contributed by atoms with van der Waals surface area (Å²) in [6.07, 6.45) is 4.21. The molecule has 1 rings (SSSR count). The maximum Gasteiger partial charge on any atom is 0.332 e. The Balaban J connectivity index is 2.37. The molecular formula is C9H17N3O. The van der Waals surface area contributed by atoms with E-state index >= 15 is 0 Å². The quantitative estimate of drug-likeness (QED) is 0.492. The third-order valence-corrected chi connectivity index (χ3v) is 2.97. The molecule has 4 nitrogen and oxygen atoms in total. The minimum absolute atomic E-state index is 0.488. The van der Waals surface area contributed by atoms with Gasteiger partial charge in [-0.25, -0.2) is 10.2 Å². The van der Waals surface area contributed by atoms with E-state index in [9.17, 15) is 4.79 Å². The Labute approximate surface area is 78.6 Å². The highest BCUT2D eigenvalue weighted by Crippen LogP contribution is 2.34. The Hall–Kier alpha value is -1.06. The van der Waals surface area contributed by atoms with Crippen molar-refractivity contribution in [1.29, 1.82) is 0 Å². The number of nitrogens with one attached hydrogen (secondary N) is 1. The number of carbonyl (C=O) groups excluding carboxylic acids is 1. The molecule has 0 bridgehead atoms. The summed E-state index contributed by atoms with van der Waals surface area (Å²) in [5.41, 5.74) is 7.09. The van der Waals surface area contributed by atoms with Crippen molar-refractivity contribution in [2.45, 2.75) is 26.7 Å². The van der Waals surface area contributed by atoms with Crippen LogP contribution in [0.4, 0.5) is 4.79 Å². The van der Waals surface area contributed by atoms with Crippen LogP contribution in [0.25, 0.3) is 0 Å². The molecule has 0 radical (unpaired) electrons. The molecule has 0 aromatic carbocycles. The molecule has 74 valence electrons. The number of hydrogen-bond donors (Lipinski definition) is 2. The summed E-state index contributed by atoms with van der Waals surface area (Å²) >= 11 is 0. The zero-order valence-corrected chi connectivity index (χ0v) is 8.16. The highest BCUT2D eigenvalue weighted by Gasteiger charge is 2.28. The molecule has 2 amide bonds. The minimum atomic E-state index is -0.602. The van der Waals surface area contributed by atoms with Crippen molar-refractivity contribution in [3.05, 3.63) is 0 Å². The average molecular weight is 183 g/mol. The molecule has 1 saturated carbocycles. The van der Waals surface area contributed by atoms with Crippen molar-refractivity contribution < 1.29 is 4.79 Å². The first-order valence-electron chi connectivity index (χ1n) is 4.70. The molecule has 0 saturated heterocycles. The average Bonchev–Trinajstić information content (AvgIpc) is 2.35. The van der Waals surface area contributed by atoms with Gasteiger partial charge in [-0.1, -0.05) is 13.8 Å². The maximum atomic E-state index is 10.3. The smallest absolute Gasteiger partial charge is 0.332 e. The molecule has 0 spiro atoms. The zero-order valence-electron chi connectivity index (χ0n) is 8.16. The fourth-order valence-corrected chi connectivity index (χ4v) is 1.81. The molecule has 3 unspecified atom stereocenters. The van der Waals surface area contributed by atoms with E-state index in [-0.39, 0.29) is 0 Å². The first kappa shape index (κ1) is 10.0. The predicted octanol–water partition coefficient (Wildman–Crippen LogP) is 1.32. The van der Waals surface area contributed by atoms with Gasteiger partial charge in [0.1, 0.15) is 0 Å². The Kier molecular flexibility index (Phi) is 3.28. The van der Waals surface area contributed by atoms with Crippen molar-refractivity contribution in [2.75, 3.05) is 0 Å². The van der Waals surface area contributed by atoms with Gasteiger partial charge in [0, 0.05) is 6.21 Å². The summed E-state index contributed by atoms with van der Waals surface area (Å²) in [4.78, 5) is 10.3. The van der Waals surface area contributed by atoms with E-state index in [1.807, 2.05) is 0 Å². The van der Waals surface area contributed by atoms with E-state index in [1.54, 1.807) is 6.21 Å². The second-order valence-corrected chi connectivity index (χ2v) is 3.83. The lowest BCUT2D eigenvalue weighted by molar-refractivity contribution is 0.249. The largest absolute Gasteiger partial charge is 0.350 e. The fraction of sp³-hybridized carbons (Fsp3) is 0.778. The van der Waals surface area contributed by atoms with Gasteiger partial charge < -0.3 is 5.73 Å². The highest BCUT2D eigenvalue weighted by atomic mass is 16.2. The van der Waals surface area contributed by atoms with E-state index in [0.717, 1.165) is 12.3 Å². The second-order valence-electron chi connectivity index (χ2n) is 3.83. The second kappa shape index (κ2) is 4.25. The number of nitrogens with two attached hydrogens (primary N) is 1. The molecule has 0 heterocycles. The Morgan fingerprint density at radius 2 is 2.23 bits per heavy atom. The van der Waals surface area contributed by atoms with Crippen molar-refractivity contribution in [1.82, 2.24) is 5.43 Å². The molecule has 1 aliphatic carbocycles. The van der Waals surface area contributed by atoms with Crippen molar-refractivity contribution in [2.24, 2.45) is 28.6 Å². The Bertz CT molecular complexity index is 215. The third-order valence-electron chi connectivity index (χ3n) is 2.97. The standard InChI is InChI=1S/C9H17N3O/c1-6-3-4-8(7(6)2)5-11-12-9(10)13/h5-8H,3-4H2,1-2H3,(H3,10,12,13)/b11-5+. The summed E-state index contributed by atoms with van der Waals surface area (Å²) in [5.74, 6) is 1.89. The monoisotopic (exact) mass is 183 g/mol. The number of urea groups is 1. The maximum absolute atomic E-state index is 10.3. The summed E-state index contributed by atoms with van der Waals surface area (Å²) in [6, 6.07) is -0.602. The number of nitrogens with zero attached hydrogens (tertiary/aromatic N) is 1. The predicted molar refractivity (Wildman–Crippen MR) is 52.3 cm³/mol. The SMILES string of the molecule is CC1CCC(/C=N/NC(N)=O)C1C. The molecule has 4 heteroatoms. The molecule has 3 atom stereocenters. The van der Waals surface area contributed by atoms with E-state index < -0.39 is 6.03 Å². The van der Waals surface area contributed by atoms with Crippen LogP contribution in [0.2, 0.25) is 0 Å². The van der Waals surface area contributed by atoms with Crippen LogP contribution in [0.15, 0.2) is 5.10 Å². The summed E-state index contributed by atoms with van der Waals surface area (Å²) in [7, 11) is 0. The summed E-state index contributed by atoms with van der Waals surface area (Å²) in [6.45, 7) is 4.47. The first-order chi connectivity index (χ1) is 6.11. The molecular weight excluding hydrogens is 166 g/mol. The Morgan fingerprint density at radius 3 is 2.69 bits per heavy atom. The number of carbonyl (C=O) groups is 1. The highest BCUT2D eigenvalue weighted by molar-refractivity contribution is 5.73. The van der Waals surface area contributed by atoms with Crippen LogP contribution < -0.4 is 11.2 Å². The van der Waals surface area contributed by atoms with Gasteiger partial charge in [-0.15, -0.1) is 0 Å². The van der Waals surface area contributed by atoms with Crippen LogP contribution in [0.1, 0.15) is 26.7 Å². The van der Waals surface area contributed by atoms with Gasteiger partial charge in [-0.2, -0.15) is 5.10 Å². The lowest BCUT2D eigenvalue weighted by Crippen LogP contribution is -2.25. The van der Waals surface area contributed by atoms with Gasteiger partial charge in [0.2, 0.25) is 0 Å². The minimum Gasteiger partial charge on any atom is -0.350 e. The number of hydrogen-bond acceptors (Lipinski definition) is 2. The first-order valence-corrected chi connectivity index (χ1v) is 4.70. The molecule has 13 heavy (non-hydrogen) atoms. The Morgan fingerprint density at radius 1 is 1.54 bits per heavy atom. The summed E-state index contributed by atoms with van der Waals surface area (Å²) < 4.78 is 0. The van der Waals surface area contributed by atoms with E-state index in [0.29, 0.717) is 11.8 Å². The molecule has 0 aromatic rings. The van der Waals surface area contributed by atoms with Crippen LogP contribution in [-0.2, 0) is 0 Å². The molecule has 1 fully saturated rings. The third kappa shape index (κ3) is 2.72. The van der Waals surface area contributed by atoms with Gasteiger partial charge in [0.05, 0.1) is 0 Å². The molecule has 0 aromatic heterocycles. The van der Waals surface area contributed by atoms with Gasteiger partial charge in [0.15, 0.2) is 0 Å². The number of hydrazone groups is 1. The number of rotatable bonds is 2. The van der Waals surface area contributed by atoms with Crippen LogP contribution >= 0.6 is 0 Å². The normalized spacial score (nSPS) is 33.8. The van der Waals surface area contributed by atoms with Crippen LogP contribution in [0.3, 0.4) is 0 Å². The van der Waals surface area contributed by atoms with Crippen LogP contribution in [-0.4, -0.2) is 12.2 Å². The van der Waals surface area contributed by atoms with Gasteiger partial charge in [0.25, 0.3) is 0 Å². The van der Waals surface area contributed by atoms with Gasteiger partial charge in [-0.3, -0.25) is 0 Å². The molecule has 3 N–H and O–H groups in total. The van der Waals surface area contributed by atoms with Crippen molar-refractivity contribution in [3.8, 4) is 0 Å². The lowest BCUT2D eigenvalue weighted by Gasteiger charge is -2.12. The van der Waals surface area contributed by atoms with E-state index in [4.69, 9.17) is 5.73 Å². The van der Waals surface area contributed by atoms with Gasteiger partial charge in [-0.05, 0) is 30.6 Å². The summed E-state index contributed by atoms with van der Waals surface area (Å²) in [5, 5.41) is 3.79. The molecule has 0 aliphatic heterocycles. The van der Waals surface area contributed by atoms with Crippen LogP contribution in [0, 0.1) is 17.8 Å². The number of primary amides is 1. The van der Waals surface area contributed by atoms with E-state index in [2.05, 4.69) is 24.4 Å². The zero-order chi connectivity index (χ0) is 9.84. The van der Waals surface area contributed by atoms with Gasteiger partial charge >= 0.3 is 6.03 Å². The lowest BCUT2D eigenvalue weighted by atomic mass is 9.94. The van der Waals surface area contributed by atoms with Crippen LogP contribution in [0.5, 0.6) is 0 Å². The number of amides is 2. The van der Waals surface area contributed by atoms with Crippen molar-refractivity contribution >= 4 is 12.2 Å². The van der Waals surface area contributed by atoms with Crippen molar-refractivity contribution in [3.63, 3.8) is 0 Å².